The third kappa shape index (κ3) is 4.07. The summed E-state index contributed by atoms with van der Waals surface area (Å²) in [4.78, 5) is 19.0. The van der Waals surface area contributed by atoms with Crippen LogP contribution in [0.1, 0.15) is 12.0 Å². The predicted octanol–water partition coefficient (Wildman–Crippen LogP) is 0.707. The van der Waals surface area contributed by atoms with Crippen molar-refractivity contribution in [2.75, 3.05) is 52.4 Å². The number of hydrogen-bond acceptors (Lipinski definition) is 5. The van der Waals surface area contributed by atoms with Crippen molar-refractivity contribution in [3.05, 3.63) is 22.4 Å². The molecule has 1 aromatic rings. The summed E-state index contributed by atoms with van der Waals surface area (Å²) < 4.78 is 0. The third-order valence-corrected chi connectivity index (χ3v) is 5.43. The van der Waals surface area contributed by atoms with E-state index in [1.807, 2.05) is 4.90 Å². The Morgan fingerprint density at radius 2 is 2.05 bits per heavy atom. The van der Waals surface area contributed by atoms with Crippen molar-refractivity contribution in [3.8, 4) is 0 Å². The molecule has 0 spiro atoms. The number of rotatable bonds is 5. The molecule has 3 rings (SSSR count). The zero-order valence-electron chi connectivity index (χ0n) is 13.0. The van der Waals surface area contributed by atoms with Gasteiger partial charge in [-0.25, -0.2) is 0 Å². The Morgan fingerprint density at radius 3 is 2.68 bits per heavy atom. The lowest BCUT2D eigenvalue weighted by Gasteiger charge is -2.35. The summed E-state index contributed by atoms with van der Waals surface area (Å²) in [6, 6.07) is 2.17. The van der Waals surface area contributed by atoms with Crippen LogP contribution in [0.3, 0.4) is 0 Å². The molecule has 3 heterocycles. The molecule has 122 valence electrons. The molecule has 2 fully saturated rings. The van der Waals surface area contributed by atoms with Crippen molar-refractivity contribution in [2.45, 2.75) is 13.0 Å². The number of hydrogen-bond donors (Lipinski definition) is 1. The lowest BCUT2D eigenvalue weighted by Crippen LogP contribution is -2.50. The van der Waals surface area contributed by atoms with Gasteiger partial charge in [0.2, 0.25) is 5.91 Å². The lowest BCUT2D eigenvalue weighted by atomic mass is 10.1. The van der Waals surface area contributed by atoms with Crippen molar-refractivity contribution in [1.29, 1.82) is 0 Å². The molecule has 1 unspecified atom stereocenters. The van der Waals surface area contributed by atoms with Crippen LogP contribution in [0.15, 0.2) is 16.8 Å². The van der Waals surface area contributed by atoms with Gasteiger partial charge in [-0.05, 0) is 41.3 Å². The minimum atomic E-state index is 0.242. The Labute approximate surface area is 136 Å². The summed E-state index contributed by atoms with van der Waals surface area (Å²) in [5.74, 6) is 0.601. The van der Waals surface area contributed by atoms with Crippen LogP contribution in [0.5, 0.6) is 0 Å². The van der Waals surface area contributed by atoms with Gasteiger partial charge in [-0.15, -0.1) is 0 Å². The molecule has 1 aromatic heterocycles. The van der Waals surface area contributed by atoms with Gasteiger partial charge >= 0.3 is 0 Å². The number of aliphatic hydroxyl groups is 1. The zero-order valence-corrected chi connectivity index (χ0v) is 13.8. The van der Waals surface area contributed by atoms with E-state index in [1.165, 1.54) is 5.56 Å². The van der Waals surface area contributed by atoms with Gasteiger partial charge < -0.3 is 10.0 Å². The number of carbonyl (C=O) groups excluding carboxylic acids is 1. The molecule has 1 N–H and O–H groups in total. The van der Waals surface area contributed by atoms with E-state index in [9.17, 15) is 9.90 Å². The molecule has 2 saturated heterocycles. The van der Waals surface area contributed by atoms with Gasteiger partial charge in [0, 0.05) is 45.9 Å². The first-order chi connectivity index (χ1) is 10.7. The molecule has 6 heteroatoms. The highest BCUT2D eigenvalue weighted by molar-refractivity contribution is 7.07. The van der Waals surface area contributed by atoms with Gasteiger partial charge in [0.05, 0.1) is 6.54 Å². The van der Waals surface area contributed by atoms with Crippen LogP contribution in [-0.2, 0) is 11.3 Å². The van der Waals surface area contributed by atoms with E-state index in [-0.39, 0.29) is 12.5 Å². The molecular weight excluding hydrogens is 298 g/mol. The molecule has 2 aliphatic heterocycles. The fraction of sp³-hybridized carbons (Fsp3) is 0.688. The predicted molar refractivity (Wildman–Crippen MR) is 87.8 cm³/mol. The maximum absolute atomic E-state index is 12.4. The highest BCUT2D eigenvalue weighted by Gasteiger charge is 2.27. The Morgan fingerprint density at radius 1 is 1.23 bits per heavy atom. The second-order valence-electron chi connectivity index (χ2n) is 6.36. The van der Waals surface area contributed by atoms with Crippen molar-refractivity contribution < 1.29 is 9.90 Å². The van der Waals surface area contributed by atoms with E-state index in [4.69, 9.17) is 0 Å². The molecule has 0 aliphatic carbocycles. The first kappa shape index (κ1) is 15.9. The van der Waals surface area contributed by atoms with E-state index < -0.39 is 0 Å². The molecule has 0 saturated carbocycles. The van der Waals surface area contributed by atoms with E-state index in [0.717, 1.165) is 52.2 Å². The van der Waals surface area contributed by atoms with E-state index in [1.54, 1.807) is 11.3 Å². The van der Waals surface area contributed by atoms with E-state index in [0.29, 0.717) is 12.5 Å². The van der Waals surface area contributed by atoms with Crippen LogP contribution in [0.4, 0.5) is 0 Å². The number of thiophene rings is 1. The fourth-order valence-electron chi connectivity index (χ4n) is 3.29. The van der Waals surface area contributed by atoms with Gasteiger partial charge in [-0.1, -0.05) is 0 Å². The third-order valence-electron chi connectivity index (χ3n) is 4.70. The second kappa shape index (κ2) is 7.55. The number of piperazine rings is 1. The van der Waals surface area contributed by atoms with Crippen molar-refractivity contribution in [3.63, 3.8) is 0 Å². The van der Waals surface area contributed by atoms with Gasteiger partial charge in [0.25, 0.3) is 0 Å². The summed E-state index contributed by atoms with van der Waals surface area (Å²) in [6.45, 7) is 7.14. The van der Waals surface area contributed by atoms with Crippen molar-refractivity contribution >= 4 is 17.2 Å². The lowest BCUT2D eigenvalue weighted by molar-refractivity contribution is -0.134. The molecule has 1 amide bonds. The van der Waals surface area contributed by atoms with E-state index in [2.05, 4.69) is 26.6 Å². The van der Waals surface area contributed by atoms with Gasteiger partial charge in [-0.3, -0.25) is 14.6 Å². The maximum atomic E-state index is 12.4. The summed E-state index contributed by atoms with van der Waals surface area (Å²) >= 11 is 1.74. The Hall–Kier alpha value is -0.950. The SMILES string of the molecule is O=C(CN1CCC(CO)C1)N1CCN(Cc2ccsc2)CC1. The Kier molecular flexibility index (Phi) is 5.46. The number of nitrogens with zero attached hydrogens (tertiary/aromatic N) is 3. The molecule has 0 bridgehead atoms. The average molecular weight is 323 g/mol. The first-order valence-corrected chi connectivity index (χ1v) is 9.03. The second-order valence-corrected chi connectivity index (χ2v) is 7.14. The Bertz CT molecular complexity index is 472. The van der Waals surface area contributed by atoms with Gasteiger partial charge in [-0.2, -0.15) is 11.3 Å². The van der Waals surface area contributed by atoms with Crippen molar-refractivity contribution in [1.82, 2.24) is 14.7 Å². The number of likely N-dealkylation sites (tertiary alicyclic amines) is 1. The molecule has 1 atom stereocenters. The summed E-state index contributed by atoms with van der Waals surface area (Å²) in [5, 5.41) is 13.5. The minimum absolute atomic E-state index is 0.242. The topological polar surface area (TPSA) is 47.0 Å². The van der Waals surface area contributed by atoms with E-state index >= 15 is 0 Å². The monoisotopic (exact) mass is 323 g/mol. The van der Waals surface area contributed by atoms with Crippen LogP contribution in [0.2, 0.25) is 0 Å². The summed E-state index contributed by atoms with van der Waals surface area (Å²) in [7, 11) is 0. The average Bonchev–Trinajstić information content (AvgIpc) is 3.19. The Balaban J connectivity index is 1.40. The maximum Gasteiger partial charge on any atom is 0.236 e. The number of aliphatic hydroxyl groups excluding tert-OH is 1. The molecular formula is C16H25N3O2S. The summed E-state index contributed by atoms with van der Waals surface area (Å²) in [5.41, 5.74) is 1.37. The zero-order chi connectivity index (χ0) is 15.4. The number of carbonyl (C=O) groups is 1. The molecule has 22 heavy (non-hydrogen) atoms. The standard InChI is InChI=1S/C16H25N3O2S/c20-12-14-1-3-18(9-14)11-16(21)19-6-4-17(5-7-19)10-15-2-8-22-13-15/h2,8,13-14,20H,1,3-7,9-12H2. The van der Waals surface area contributed by atoms with Crippen LogP contribution >= 0.6 is 11.3 Å². The first-order valence-electron chi connectivity index (χ1n) is 8.09. The molecule has 2 aliphatic rings. The normalized spacial score (nSPS) is 24.0. The molecule has 0 radical (unpaired) electrons. The highest BCUT2D eigenvalue weighted by atomic mass is 32.1. The molecule has 5 nitrogen and oxygen atoms in total. The summed E-state index contributed by atoms with van der Waals surface area (Å²) in [6.07, 6.45) is 1.01. The van der Waals surface area contributed by atoms with Crippen LogP contribution in [0.25, 0.3) is 0 Å². The fourth-order valence-corrected chi connectivity index (χ4v) is 3.95. The largest absolute Gasteiger partial charge is 0.396 e. The smallest absolute Gasteiger partial charge is 0.236 e. The van der Waals surface area contributed by atoms with Gasteiger partial charge in [0.15, 0.2) is 0 Å². The van der Waals surface area contributed by atoms with Crippen LogP contribution in [-0.4, -0.2) is 78.1 Å². The highest BCUT2D eigenvalue weighted by Crippen LogP contribution is 2.16. The number of amides is 1. The van der Waals surface area contributed by atoms with Crippen LogP contribution < -0.4 is 0 Å². The van der Waals surface area contributed by atoms with Crippen molar-refractivity contribution in [2.24, 2.45) is 5.92 Å². The quantitative estimate of drug-likeness (QED) is 0.867. The molecule has 0 aromatic carbocycles. The van der Waals surface area contributed by atoms with Crippen LogP contribution in [0, 0.1) is 5.92 Å². The van der Waals surface area contributed by atoms with Gasteiger partial charge in [0.1, 0.15) is 0 Å². The minimum Gasteiger partial charge on any atom is -0.396 e.